The Morgan fingerprint density at radius 1 is 1.00 bits per heavy atom. The van der Waals surface area contributed by atoms with Gasteiger partial charge in [0.25, 0.3) is 0 Å². The molecule has 0 spiro atoms. The van der Waals surface area contributed by atoms with Crippen molar-refractivity contribution >= 4 is 6.09 Å². The van der Waals surface area contributed by atoms with Gasteiger partial charge >= 0.3 is 6.09 Å². The molecule has 0 radical (unpaired) electrons. The Morgan fingerprint density at radius 2 is 1.54 bits per heavy atom. The van der Waals surface area contributed by atoms with Crippen LogP contribution in [0.25, 0.3) is 0 Å². The number of carboxylic acid groups (broad SMARTS) is 1. The normalized spacial score (nSPS) is 11.2. The van der Waals surface area contributed by atoms with Crippen LogP contribution < -0.4 is 10.1 Å². The van der Waals surface area contributed by atoms with Crippen LogP contribution in [0, 0.1) is 0 Å². The summed E-state index contributed by atoms with van der Waals surface area (Å²) in [6.45, 7) is 5.19. The van der Waals surface area contributed by atoms with Crippen LogP contribution in [0.4, 0.5) is 4.79 Å². The highest BCUT2D eigenvalue weighted by Crippen LogP contribution is 2.39. The predicted octanol–water partition coefficient (Wildman–Crippen LogP) is 4.53. The first kappa shape index (κ1) is 19.6. The maximum atomic E-state index is 10.4. The average Bonchev–Trinajstić information content (AvgIpc) is 2.65. The second kappa shape index (κ2) is 9.13. The number of rotatable bonds is 9. The maximum Gasteiger partial charge on any atom is 0.404 e. The third-order valence-electron chi connectivity index (χ3n) is 4.90. The summed E-state index contributed by atoms with van der Waals surface area (Å²) >= 11 is 0. The highest BCUT2D eigenvalue weighted by atomic mass is 16.5. The van der Waals surface area contributed by atoms with Gasteiger partial charge in [-0.05, 0) is 54.7 Å². The van der Waals surface area contributed by atoms with Crippen molar-refractivity contribution < 1.29 is 19.7 Å². The summed E-state index contributed by atoms with van der Waals surface area (Å²) in [7, 11) is 0. The van der Waals surface area contributed by atoms with Crippen molar-refractivity contribution in [2.45, 2.75) is 38.5 Å². The molecule has 0 aromatic heterocycles. The van der Waals surface area contributed by atoms with Crippen molar-refractivity contribution in [2.24, 2.45) is 0 Å². The second-order valence-electron chi connectivity index (χ2n) is 6.29. The number of nitrogens with one attached hydrogen (secondary N) is 1. The van der Waals surface area contributed by atoms with E-state index in [1.165, 1.54) is 11.1 Å². The Labute approximate surface area is 154 Å². The Hall–Kier alpha value is -2.69. The highest BCUT2D eigenvalue weighted by molar-refractivity contribution is 5.64. The van der Waals surface area contributed by atoms with Crippen molar-refractivity contribution in [1.82, 2.24) is 5.32 Å². The van der Waals surface area contributed by atoms with E-state index < -0.39 is 6.09 Å². The quantitative estimate of drug-likeness (QED) is 0.576. The molecule has 0 bridgehead atoms. The van der Waals surface area contributed by atoms with Crippen LogP contribution in [-0.2, 0) is 5.41 Å². The van der Waals surface area contributed by atoms with Gasteiger partial charge in [0.15, 0.2) is 0 Å². The Morgan fingerprint density at radius 3 is 2.04 bits per heavy atom. The molecule has 0 saturated carbocycles. The lowest BCUT2D eigenvalue weighted by Crippen LogP contribution is -2.26. The summed E-state index contributed by atoms with van der Waals surface area (Å²) in [5.74, 6) is 1.05. The summed E-state index contributed by atoms with van der Waals surface area (Å²) in [4.78, 5) is 10.4. The van der Waals surface area contributed by atoms with Crippen LogP contribution in [0.15, 0.2) is 48.5 Å². The Bertz CT molecular complexity index is 691. The molecular formula is C21H27NO4. The molecule has 2 rings (SSSR count). The van der Waals surface area contributed by atoms with Crippen molar-refractivity contribution in [3.8, 4) is 11.5 Å². The molecular weight excluding hydrogens is 330 g/mol. The smallest absolute Gasteiger partial charge is 0.404 e. The zero-order valence-corrected chi connectivity index (χ0v) is 15.4. The van der Waals surface area contributed by atoms with E-state index in [0.29, 0.717) is 19.6 Å². The fraction of sp³-hybridized carbons (Fsp3) is 0.381. The van der Waals surface area contributed by atoms with Gasteiger partial charge < -0.3 is 20.3 Å². The number of phenols is 1. The minimum absolute atomic E-state index is 0.0996. The van der Waals surface area contributed by atoms with Crippen molar-refractivity contribution in [2.75, 3.05) is 13.2 Å². The standard InChI is InChI=1S/C21H27NO4/c1-3-21(4-2,16-6-10-18(23)11-7-16)17-8-12-19(13-9-17)26-15-5-14-22-20(24)25/h6-13,22-23H,3-5,14-15H2,1-2H3,(H,24,25). The van der Waals surface area contributed by atoms with Gasteiger partial charge in [-0.25, -0.2) is 4.79 Å². The monoisotopic (exact) mass is 357 g/mol. The SMILES string of the molecule is CCC(CC)(c1ccc(O)cc1)c1ccc(OCCCNC(=O)O)cc1. The fourth-order valence-corrected chi connectivity index (χ4v) is 3.34. The number of ether oxygens (including phenoxy) is 1. The summed E-state index contributed by atoms with van der Waals surface area (Å²) in [5, 5.41) is 20.4. The molecule has 0 unspecified atom stereocenters. The number of phenolic OH excluding ortho intramolecular Hbond substituents is 1. The molecule has 0 heterocycles. The molecule has 5 nitrogen and oxygen atoms in total. The van der Waals surface area contributed by atoms with E-state index in [2.05, 4.69) is 31.3 Å². The van der Waals surface area contributed by atoms with E-state index in [9.17, 15) is 9.90 Å². The molecule has 0 atom stereocenters. The first-order valence-corrected chi connectivity index (χ1v) is 9.01. The number of carbonyl (C=O) groups is 1. The number of hydrogen-bond donors (Lipinski definition) is 3. The summed E-state index contributed by atoms with van der Waals surface area (Å²) in [6.07, 6.45) is 1.51. The van der Waals surface area contributed by atoms with Crippen LogP contribution in [-0.4, -0.2) is 29.5 Å². The van der Waals surface area contributed by atoms with Crippen molar-refractivity contribution in [1.29, 1.82) is 0 Å². The lowest BCUT2D eigenvalue weighted by Gasteiger charge is -2.33. The van der Waals surface area contributed by atoms with Crippen molar-refractivity contribution in [3.63, 3.8) is 0 Å². The third-order valence-corrected chi connectivity index (χ3v) is 4.90. The lowest BCUT2D eigenvalue weighted by atomic mass is 9.70. The number of benzene rings is 2. The molecule has 0 fully saturated rings. The zero-order valence-electron chi connectivity index (χ0n) is 15.4. The van der Waals surface area contributed by atoms with Crippen LogP contribution in [0.3, 0.4) is 0 Å². The minimum Gasteiger partial charge on any atom is -0.508 e. The van der Waals surface area contributed by atoms with E-state index in [1.54, 1.807) is 12.1 Å². The zero-order chi connectivity index (χ0) is 19.0. The van der Waals surface area contributed by atoms with E-state index in [4.69, 9.17) is 9.84 Å². The van der Waals surface area contributed by atoms with E-state index in [1.807, 2.05) is 24.3 Å². The summed E-state index contributed by atoms with van der Waals surface area (Å²) in [5.41, 5.74) is 2.30. The number of aromatic hydroxyl groups is 1. The second-order valence-corrected chi connectivity index (χ2v) is 6.29. The van der Waals surface area contributed by atoms with Gasteiger partial charge in [-0.15, -0.1) is 0 Å². The Balaban J connectivity index is 2.08. The van der Waals surface area contributed by atoms with Gasteiger partial charge in [0.2, 0.25) is 0 Å². The first-order valence-electron chi connectivity index (χ1n) is 9.01. The average molecular weight is 357 g/mol. The van der Waals surface area contributed by atoms with Gasteiger partial charge in [0.05, 0.1) is 6.61 Å². The van der Waals surface area contributed by atoms with E-state index >= 15 is 0 Å². The topological polar surface area (TPSA) is 78.8 Å². The van der Waals surface area contributed by atoms with Crippen LogP contribution >= 0.6 is 0 Å². The van der Waals surface area contributed by atoms with Crippen LogP contribution in [0.2, 0.25) is 0 Å². The van der Waals surface area contributed by atoms with Crippen molar-refractivity contribution in [3.05, 3.63) is 59.7 Å². The molecule has 0 aliphatic rings. The maximum absolute atomic E-state index is 10.4. The van der Waals surface area contributed by atoms with Gasteiger partial charge in [-0.2, -0.15) is 0 Å². The molecule has 2 aromatic rings. The minimum atomic E-state index is -1.01. The first-order chi connectivity index (χ1) is 12.5. The molecule has 0 aliphatic heterocycles. The van der Waals surface area contributed by atoms with Crippen LogP contribution in [0.1, 0.15) is 44.2 Å². The third kappa shape index (κ3) is 4.69. The van der Waals surface area contributed by atoms with E-state index in [-0.39, 0.29) is 11.2 Å². The molecule has 0 aliphatic carbocycles. The largest absolute Gasteiger partial charge is 0.508 e. The molecule has 5 heteroatoms. The molecule has 2 aromatic carbocycles. The van der Waals surface area contributed by atoms with E-state index in [0.717, 1.165) is 18.6 Å². The lowest BCUT2D eigenvalue weighted by molar-refractivity contribution is 0.193. The Kier molecular flexibility index (Phi) is 6.89. The highest BCUT2D eigenvalue weighted by Gasteiger charge is 2.30. The fourth-order valence-electron chi connectivity index (χ4n) is 3.34. The molecule has 3 N–H and O–H groups in total. The summed E-state index contributed by atoms with van der Waals surface area (Å²) in [6, 6.07) is 15.5. The van der Waals surface area contributed by atoms with Gasteiger partial charge in [-0.1, -0.05) is 38.1 Å². The molecule has 0 saturated heterocycles. The van der Waals surface area contributed by atoms with Crippen LogP contribution in [0.5, 0.6) is 11.5 Å². The summed E-state index contributed by atoms with van der Waals surface area (Å²) < 4.78 is 5.68. The van der Waals surface area contributed by atoms with Gasteiger partial charge in [-0.3, -0.25) is 0 Å². The molecule has 1 amide bonds. The number of hydrogen-bond acceptors (Lipinski definition) is 3. The van der Waals surface area contributed by atoms with Gasteiger partial charge in [0.1, 0.15) is 11.5 Å². The predicted molar refractivity (Wildman–Crippen MR) is 102 cm³/mol. The molecule has 140 valence electrons. The van der Waals surface area contributed by atoms with Gasteiger partial charge in [0, 0.05) is 12.0 Å². The molecule has 26 heavy (non-hydrogen) atoms. The number of amides is 1.